The molecule has 8 heteroatoms. The molecule has 120 valence electrons. The van der Waals surface area contributed by atoms with Crippen molar-refractivity contribution in [2.75, 3.05) is 21.2 Å². The number of benzene rings is 1. The molecular formula is C14H19N3O4S. The first-order valence-electron chi connectivity index (χ1n) is 6.40. The lowest BCUT2D eigenvalue weighted by Crippen LogP contribution is -2.32. The van der Waals surface area contributed by atoms with Gasteiger partial charge in [-0.05, 0) is 12.5 Å². The molecule has 0 fully saturated rings. The van der Waals surface area contributed by atoms with Crippen LogP contribution >= 0.6 is 0 Å². The van der Waals surface area contributed by atoms with E-state index in [1.165, 1.54) is 0 Å². The maximum Gasteiger partial charge on any atom is 0.422 e. The zero-order chi connectivity index (χ0) is 16.8. The predicted molar refractivity (Wildman–Crippen MR) is 85.7 cm³/mol. The van der Waals surface area contributed by atoms with Crippen LogP contribution < -0.4 is 4.72 Å². The molecule has 0 heterocycles. The van der Waals surface area contributed by atoms with Crippen molar-refractivity contribution in [1.29, 1.82) is 0 Å². The lowest BCUT2D eigenvalue weighted by Gasteiger charge is -2.18. The van der Waals surface area contributed by atoms with Crippen molar-refractivity contribution in [3.05, 3.63) is 42.0 Å². The highest BCUT2D eigenvalue weighted by atomic mass is 32.2. The Morgan fingerprint density at radius 3 is 2.32 bits per heavy atom. The summed E-state index contributed by atoms with van der Waals surface area (Å²) in [6.45, 7) is 1.78. The zero-order valence-electron chi connectivity index (χ0n) is 12.9. The summed E-state index contributed by atoms with van der Waals surface area (Å²) in [6.07, 6.45) is 0.658. The highest BCUT2D eigenvalue weighted by Crippen LogP contribution is 2.18. The van der Waals surface area contributed by atoms with Gasteiger partial charge >= 0.3 is 16.3 Å². The number of nitrogens with zero attached hydrogens (tertiary/aromatic N) is 2. The van der Waals surface area contributed by atoms with Gasteiger partial charge in [0.1, 0.15) is 0 Å². The fraction of sp³-hybridized carbons (Fsp3) is 0.286. The number of methoxy groups -OCH3 is 1. The van der Waals surface area contributed by atoms with Gasteiger partial charge in [0, 0.05) is 19.7 Å². The molecule has 0 bridgehead atoms. The number of likely N-dealkylation sites (N-methyl/N-ethyl adjacent to an activating group) is 1. The van der Waals surface area contributed by atoms with Crippen LogP contribution in [0.3, 0.4) is 0 Å². The molecule has 0 unspecified atom stereocenters. The summed E-state index contributed by atoms with van der Waals surface area (Å²) in [5.74, 6) is 0.199. The monoisotopic (exact) mass is 325 g/mol. The van der Waals surface area contributed by atoms with Gasteiger partial charge in [0.25, 0.3) is 0 Å². The van der Waals surface area contributed by atoms with Crippen molar-refractivity contribution < 1.29 is 17.9 Å². The van der Waals surface area contributed by atoms with E-state index in [2.05, 4.69) is 9.13 Å². The Kier molecular flexibility index (Phi) is 6.11. The smallest absolute Gasteiger partial charge is 0.422 e. The molecule has 0 saturated heterocycles. The van der Waals surface area contributed by atoms with Crippen LogP contribution in [0, 0.1) is 0 Å². The molecular weight excluding hydrogens is 306 g/mol. The molecule has 7 nitrogen and oxygen atoms in total. The van der Waals surface area contributed by atoms with Gasteiger partial charge in [-0.3, -0.25) is 0 Å². The van der Waals surface area contributed by atoms with Crippen LogP contribution in [0.5, 0.6) is 0 Å². The third-order valence-corrected chi connectivity index (χ3v) is 3.48. The Hall–Kier alpha value is -2.35. The Morgan fingerprint density at radius 2 is 1.86 bits per heavy atom. The molecule has 1 aromatic rings. The van der Waals surface area contributed by atoms with Crippen LogP contribution in [0.4, 0.5) is 4.79 Å². The van der Waals surface area contributed by atoms with Gasteiger partial charge < -0.3 is 9.64 Å². The summed E-state index contributed by atoms with van der Waals surface area (Å²) in [5.41, 5.74) is 1.44. The van der Waals surface area contributed by atoms with E-state index in [1.54, 1.807) is 36.7 Å². The maximum absolute atomic E-state index is 11.9. The van der Waals surface area contributed by atoms with Gasteiger partial charge in [0.15, 0.2) is 5.84 Å². The number of ether oxygens (including phenoxy) is 1. The highest BCUT2D eigenvalue weighted by molar-refractivity contribution is 7.88. The number of rotatable bonds is 4. The number of carbonyl (C=O) groups excluding carboxylic acids is 1. The van der Waals surface area contributed by atoms with Crippen molar-refractivity contribution in [1.82, 2.24) is 9.62 Å². The average molecular weight is 325 g/mol. The lowest BCUT2D eigenvalue weighted by molar-refractivity contribution is 0.177. The van der Waals surface area contributed by atoms with Crippen LogP contribution in [-0.4, -0.2) is 46.5 Å². The number of amides is 1. The molecule has 0 spiro atoms. The van der Waals surface area contributed by atoms with Gasteiger partial charge in [-0.15, -0.1) is 4.40 Å². The number of carbonyl (C=O) groups is 1. The van der Waals surface area contributed by atoms with Gasteiger partial charge in [-0.2, -0.15) is 13.1 Å². The van der Waals surface area contributed by atoms with E-state index < -0.39 is 16.3 Å². The third-order valence-electron chi connectivity index (χ3n) is 2.64. The van der Waals surface area contributed by atoms with Crippen LogP contribution in [0.25, 0.3) is 5.57 Å². The second-order valence-corrected chi connectivity index (χ2v) is 5.78. The van der Waals surface area contributed by atoms with E-state index in [-0.39, 0.29) is 5.84 Å². The predicted octanol–water partition coefficient (Wildman–Crippen LogP) is 1.65. The molecule has 1 N–H and O–H groups in total. The minimum Gasteiger partial charge on any atom is -0.452 e. The summed E-state index contributed by atoms with van der Waals surface area (Å²) in [6, 6.07) is 9.23. The van der Waals surface area contributed by atoms with Crippen LogP contribution in [0.15, 0.2) is 40.8 Å². The normalized spacial score (nSPS) is 12.7. The topological polar surface area (TPSA) is 88.1 Å². The van der Waals surface area contributed by atoms with Gasteiger partial charge in [0.05, 0.1) is 7.11 Å². The van der Waals surface area contributed by atoms with E-state index >= 15 is 0 Å². The van der Waals surface area contributed by atoms with Crippen LogP contribution in [0.1, 0.15) is 12.5 Å². The number of allylic oxidation sites excluding steroid dienone is 1. The fourth-order valence-corrected chi connectivity index (χ4v) is 2.53. The van der Waals surface area contributed by atoms with Crippen LogP contribution in [0.2, 0.25) is 0 Å². The second kappa shape index (κ2) is 7.60. The summed E-state index contributed by atoms with van der Waals surface area (Å²) in [4.78, 5) is 12.6. The fourth-order valence-electron chi connectivity index (χ4n) is 1.70. The molecule has 0 radical (unpaired) electrons. The number of hydrogen-bond donors (Lipinski definition) is 1. The molecule has 1 aromatic carbocycles. The minimum atomic E-state index is -4.22. The molecule has 1 rings (SSSR count). The Morgan fingerprint density at radius 1 is 1.27 bits per heavy atom. The molecule has 0 atom stereocenters. The van der Waals surface area contributed by atoms with E-state index in [0.29, 0.717) is 5.57 Å². The SMILES string of the molecule is C/C=C(/C(=N/S(=O)(=O)NC(=O)OC)N(C)C)c1ccccc1. The number of amidine groups is 1. The van der Waals surface area contributed by atoms with Crippen molar-refractivity contribution in [2.24, 2.45) is 4.40 Å². The largest absolute Gasteiger partial charge is 0.452 e. The number of hydrogen-bond acceptors (Lipinski definition) is 4. The van der Waals surface area contributed by atoms with Crippen molar-refractivity contribution in [3.63, 3.8) is 0 Å². The van der Waals surface area contributed by atoms with Crippen molar-refractivity contribution in [3.8, 4) is 0 Å². The van der Waals surface area contributed by atoms with Crippen molar-refractivity contribution in [2.45, 2.75) is 6.92 Å². The summed E-state index contributed by atoms with van der Waals surface area (Å²) in [5, 5.41) is 0. The Bertz CT molecular complexity index is 679. The summed E-state index contributed by atoms with van der Waals surface area (Å²) in [7, 11) is 0.184. The number of nitrogens with one attached hydrogen (secondary N) is 1. The van der Waals surface area contributed by atoms with E-state index in [4.69, 9.17) is 0 Å². The van der Waals surface area contributed by atoms with Crippen LogP contribution in [-0.2, 0) is 14.9 Å². The highest BCUT2D eigenvalue weighted by Gasteiger charge is 2.19. The molecule has 0 aromatic heterocycles. The van der Waals surface area contributed by atoms with E-state index in [1.807, 2.05) is 30.3 Å². The lowest BCUT2D eigenvalue weighted by atomic mass is 10.0. The molecule has 0 aliphatic carbocycles. The Balaban J connectivity index is 3.29. The second-order valence-electron chi connectivity index (χ2n) is 4.45. The molecule has 0 saturated carbocycles. The zero-order valence-corrected chi connectivity index (χ0v) is 13.7. The first-order chi connectivity index (χ1) is 10.3. The molecule has 22 heavy (non-hydrogen) atoms. The molecule has 1 amide bonds. The minimum absolute atomic E-state index is 0.199. The van der Waals surface area contributed by atoms with E-state index in [9.17, 15) is 13.2 Å². The van der Waals surface area contributed by atoms with Crippen molar-refractivity contribution >= 4 is 27.7 Å². The summed E-state index contributed by atoms with van der Waals surface area (Å²) >= 11 is 0. The maximum atomic E-state index is 11.9. The Labute approximate surface area is 130 Å². The standard InChI is InChI=1S/C14H19N3O4S/c1-5-12(11-9-7-6-8-10-11)13(17(2)3)15-22(19,20)16-14(18)21-4/h5-10H,1-4H3,(H,16,18)/b12-5+,15-13-. The molecule has 0 aliphatic heterocycles. The summed E-state index contributed by atoms with van der Waals surface area (Å²) < 4.78 is 33.5. The van der Waals surface area contributed by atoms with E-state index in [0.717, 1.165) is 12.7 Å². The van der Waals surface area contributed by atoms with Gasteiger partial charge in [0.2, 0.25) is 0 Å². The van der Waals surface area contributed by atoms with Gasteiger partial charge in [-0.25, -0.2) is 4.79 Å². The van der Waals surface area contributed by atoms with Gasteiger partial charge in [-0.1, -0.05) is 36.4 Å². The quantitative estimate of drug-likeness (QED) is 0.672. The first-order valence-corrected chi connectivity index (χ1v) is 7.84. The third kappa shape index (κ3) is 4.88. The molecule has 0 aliphatic rings. The average Bonchev–Trinajstić information content (AvgIpc) is 2.47. The first kappa shape index (κ1) is 17.7.